The van der Waals surface area contributed by atoms with Crippen molar-refractivity contribution >= 4 is 12.1 Å². The molecule has 0 spiro atoms. The first kappa shape index (κ1) is 16.0. The summed E-state index contributed by atoms with van der Waals surface area (Å²) in [7, 11) is 1.28. The average Bonchev–Trinajstić information content (AvgIpc) is 2.33. The predicted octanol–water partition coefficient (Wildman–Crippen LogP) is 2.73. The van der Waals surface area contributed by atoms with Crippen LogP contribution in [-0.4, -0.2) is 24.8 Å². The molecule has 20 heavy (non-hydrogen) atoms. The minimum atomic E-state index is -0.880. The molecule has 1 aromatic rings. The standard InChI is InChI=1S/C15H21NO4/c1-10-7-6-8-11(9-10)12(13(17)19-5)16-14(18)20-15(2,3)4/h6-9,12H,1-5H3,(H,16,18)/t12-/m1/s1. The van der Waals surface area contributed by atoms with Crippen LogP contribution >= 0.6 is 0 Å². The Bertz CT molecular complexity index is 491. The van der Waals surface area contributed by atoms with Gasteiger partial charge in [0.25, 0.3) is 0 Å². The van der Waals surface area contributed by atoms with Crippen LogP contribution in [0, 0.1) is 6.92 Å². The van der Waals surface area contributed by atoms with Gasteiger partial charge in [-0.2, -0.15) is 0 Å². The molecule has 110 valence electrons. The van der Waals surface area contributed by atoms with Crippen LogP contribution in [0.4, 0.5) is 4.79 Å². The molecule has 0 bridgehead atoms. The van der Waals surface area contributed by atoms with E-state index in [1.54, 1.807) is 26.8 Å². The number of benzene rings is 1. The Labute approximate surface area is 119 Å². The predicted molar refractivity (Wildman–Crippen MR) is 75.3 cm³/mol. The van der Waals surface area contributed by atoms with Gasteiger partial charge in [0.15, 0.2) is 6.04 Å². The maximum absolute atomic E-state index is 11.8. The normalized spacial score (nSPS) is 12.4. The Kier molecular flexibility index (Phi) is 5.13. The van der Waals surface area contributed by atoms with Gasteiger partial charge in [-0.05, 0) is 33.3 Å². The van der Waals surface area contributed by atoms with Crippen LogP contribution < -0.4 is 5.32 Å². The van der Waals surface area contributed by atoms with E-state index in [1.165, 1.54) is 7.11 Å². The third-order valence-electron chi connectivity index (χ3n) is 2.47. The fourth-order valence-corrected chi connectivity index (χ4v) is 1.67. The van der Waals surface area contributed by atoms with Crippen molar-refractivity contribution in [3.05, 3.63) is 35.4 Å². The summed E-state index contributed by atoms with van der Waals surface area (Å²) >= 11 is 0. The van der Waals surface area contributed by atoms with Gasteiger partial charge in [-0.25, -0.2) is 9.59 Å². The van der Waals surface area contributed by atoms with E-state index in [9.17, 15) is 9.59 Å². The molecule has 0 saturated heterocycles. The second-order valence-corrected chi connectivity index (χ2v) is 5.52. The zero-order valence-electron chi connectivity index (χ0n) is 12.5. The van der Waals surface area contributed by atoms with E-state index < -0.39 is 23.7 Å². The zero-order valence-corrected chi connectivity index (χ0v) is 12.5. The van der Waals surface area contributed by atoms with Crippen molar-refractivity contribution in [2.45, 2.75) is 39.3 Å². The van der Waals surface area contributed by atoms with Crippen molar-refractivity contribution in [3.8, 4) is 0 Å². The number of methoxy groups -OCH3 is 1. The molecular formula is C15H21NO4. The molecule has 0 aromatic heterocycles. The van der Waals surface area contributed by atoms with E-state index in [0.717, 1.165) is 5.56 Å². The van der Waals surface area contributed by atoms with Gasteiger partial charge >= 0.3 is 12.1 Å². The SMILES string of the molecule is COC(=O)[C@H](NC(=O)OC(C)(C)C)c1cccc(C)c1. The molecule has 1 aromatic carbocycles. The van der Waals surface area contributed by atoms with E-state index in [4.69, 9.17) is 9.47 Å². The Morgan fingerprint density at radius 3 is 2.40 bits per heavy atom. The molecule has 1 N–H and O–H groups in total. The number of hydrogen-bond acceptors (Lipinski definition) is 4. The fourth-order valence-electron chi connectivity index (χ4n) is 1.67. The molecule has 0 aliphatic carbocycles. The van der Waals surface area contributed by atoms with Crippen LogP contribution in [0.15, 0.2) is 24.3 Å². The van der Waals surface area contributed by atoms with Gasteiger partial charge in [-0.15, -0.1) is 0 Å². The number of alkyl carbamates (subject to hydrolysis) is 1. The third-order valence-corrected chi connectivity index (χ3v) is 2.47. The Balaban J connectivity index is 2.91. The number of amides is 1. The smallest absolute Gasteiger partial charge is 0.408 e. The first-order valence-corrected chi connectivity index (χ1v) is 6.37. The molecule has 1 atom stereocenters. The van der Waals surface area contributed by atoms with Gasteiger partial charge < -0.3 is 14.8 Å². The minimum Gasteiger partial charge on any atom is -0.467 e. The summed E-state index contributed by atoms with van der Waals surface area (Å²) in [5.74, 6) is -0.540. The lowest BCUT2D eigenvalue weighted by Gasteiger charge is -2.23. The fraction of sp³-hybridized carbons (Fsp3) is 0.467. The van der Waals surface area contributed by atoms with Gasteiger partial charge in [0.05, 0.1) is 7.11 Å². The maximum Gasteiger partial charge on any atom is 0.408 e. The van der Waals surface area contributed by atoms with Crippen LogP contribution in [0.3, 0.4) is 0 Å². The summed E-state index contributed by atoms with van der Waals surface area (Å²) in [5.41, 5.74) is 1.02. The van der Waals surface area contributed by atoms with Crippen molar-refractivity contribution in [2.75, 3.05) is 7.11 Å². The van der Waals surface area contributed by atoms with Gasteiger partial charge in [0.1, 0.15) is 5.60 Å². The molecule has 1 amide bonds. The van der Waals surface area contributed by atoms with E-state index >= 15 is 0 Å². The first-order valence-electron chi connectivity index (χ1n) is 6.37. The lowest BCUT2D eigenvalue weighted by atomic mass is 10.0. The van der Waals surface area contributed by atoms with Crippen LogP contribution in [0.25, 0.3) is 0 Å². The highest BCUT2D eigenvalue weighted by Gasteiger charge is 2.26. The first-order chi connectivity index (χ1) is 9.23. The molecule has 5 heteroatoms. The number of nitrogens with one attached hydrogen (secondary N) is 1. The molecule has 0 radical (unpaired) electrons. The highest BCUT2D eigenvalue weighted by molar-refractivity contribution is 5.82. The monoisotopic (exact) mass is 279 g/mol. The average molecular weight is 279 g/mol. The summed E-state index contributed by atoms with van der Waals surface area (Å²) in [4.78, 5) is 23.6. The van der Waals surface area contributed by atoms with E-state index in [-0.39, 0.29) is 0 Å². The number of hydrogen-bond donors (Lipinski definition) is 1. The Hall–Kier alpha value is -2.04. The summed E-state index contributed by atoms with van der Waals surface area (Å²) in [6, 6.07) is 6.42. The van der Waals surface area contributed by atoms with E-state index in [0.29, 0.717) is 5.56 Å². The molecule has 0 heterocycles. The minimum absolute atomic E-state index is 0.540. The molecule has 0 unspecified atom stereocenters. The second kappa shape index (κ2) is 6.41. The Morgan fingerprint density at radius 2 is 1.90 bits per heavy atom. The number of carbonyl (C=O) groups is 2. The summed E-state index contributed by atoms with van der Waals surface area (Å²) in [6.45, 7) is 7.18. The number of carbonyl (C=O) groups excluding carboxylic acids is 2. The highest BCUT2D eigenvalue weighted by atomic mass is 16.6. The molecule has 0 aliphatic rings. The number of rotatable bonds is 3. The highest BCUT2D eigenvalue weighted by Crippen LogP contribution is 2.17. The maximum atomic E-state index is 11.8. The molecule has 0 saturated carbocycles. The van der Waals surface area contributed by atoms with Crippen molar-refractivity contribution in [2.24, 2.45) is 0 Å². The zero-order chi connectivity index (χ0) is 15.3. The number of esters is 1. The summed E-state index contributed by atoms with van der Waals surface area (Å²) in [6.07, 6.45) is -0.658. The summed E-state index contributed by atoms with van der Waals surface area (Å²) in [5, 5.41) is 2.53. The lowest BCUT2D eigenvalue weighted by Crippen LogP contribution is -2.38. The topological polar surface area (TPSA) is 64.6 Å². The van der Waals surface area contributed by atoms with Crippen LogP contribution in [0.2, 0.25) is 0 Å². The second-order valence-electron chi connectivity index (χ2n) is 5.52. The van der Waals surface area contributed by atoms with E-state index in [2.05, 4.69) is 5.32 Å². The molecular weight excluding hydrogens is 258 g/mol. The largest absolute Gasteiger partial charge is 0.467 e. The molecule has 0 aliphatic heterocycles. The molecule has 1 rings (SSSR count). The van der Waals surface area contributed by atoms with Gasteiger partial charge in [-0.3, -0.25) is 0 Å². The Morgan fingerprint density at radius 1 is 1.25 bits per heavy atom. The van der Waals surface area contributed by atoms with Crippen LogP contribution in [0.1, 0.15) is 37.9 Å². The van der Waals surface area contributed by atoms with Crippen molar-refractivity contribution in [3.63, 3.8) is 0 Å². The van der Waals surface area contributed by atoms with Crippen molar-refractivity contribution in [1.82, 2.24) is 5.32 Å². The van der Waals surface area contributed by atoms with Crippen molar-refractivity contribution in [1.29, 1.82) is 0 Å². The van der Waals surface area contributed by atoms with Crippen LogP contribution in [-0.2, 0) is 14.3 Å². The number of aryl methyl sites for hydroxylation is 1. The molecule has 5 nitrogen and oxygen atoms in total. The summed E-state index contributed by atoms with van der Waals surface area (Å²) < 4.78 is 9.89. The molecule has 0 fully saturated rings. The van der Waals surface area contributed by atoms with Crippen LogP contribution in [0.5, 0.6) is 0 Å². The van der Waals surface area contributed by atoms with Gasteiger partial charge in [0.2, 0.25) is 0 Å². The number of ether oxygens (including phenoxy) is 2. The van der Waals surface area contributed by atoms with Gasteiger partial charge in [-0.1, -0.05) is 29.8 Å². The third kappa shape index (κ3) is 4.91. The quantitative estimate of drug-likeness (QED) is 0.864. The van der Waals surface area contributed by atoms with Gasteiger partial charge in [0, 0.05) is 0 Å². The van der Waals surface area contributed by atoms with E-state index in [1.807, 2.05) is 25.1 Å². The van der Waals surface area contributed by atoms with Crippen molar-refractivity contribution < 1.29 is 19.1 Å². The lowest BCUT2D eigenvalue weighted by molar-refractivity contribution is -0.143.